The monoisotopic (exact) mass is 453 g/mol. The van der Waals surface area contributed by atoms with Crippen LogP contribution in [0.15, 0.2) is 88.2 Å². The van der Waals surface area contributed by atoms with Crippen LogP contribution in [-0.4, -0.2) is 12.7 Å². The van der Waals surface area contributed by atoms with Gasteiger partial charge in [-0.05, 0) is 42.3 Å². The van der Waals surface area contributed by atoms with Crippen molar-refractivity contribution in [2.24, 2.45) is 0 Å². The van der Waals surface area contributed by atoms with E-state index in [0.717, 1.165) is 21.2 Å². The Balaban J connectivity index is 2.09. The number of rotatable bonds is 6. The highest BCUT2D eigenvalue weighted by Crippen LogP contribution is 2.30. The molecule has 1 atom stereocenters. The molecular weight excluding hydrogens is 434 g/mol. The van der Waals surface area contributed by atoms with Crippen LogP contribution in [0.3, 0.4) is 0 Å². The van der Waals surface area contributed by atoms with Crippen LogP contribution in [0, 0.1) is 19.3 Å². The Labute approximate surface area is 175 Å². The maximum atomic E-state index is 13.5. The van der Waals surface area contributed by atoms with Crippen LogP contribution in [0.25, 0.3) is 0 Å². The summed E-state index contributed by atoms with van der Waals surface area (Å²) in [5.41, 5.74) is 2.61. The molecule has 0 aliphatic carbocycles. The third-order valence-electron chi connectivity index (χ3n) is 4.44. The highest BCUT2D eigenvalue weighted by molar-refractivity contribution is 9.10. The van der Waals surface area contributed by atoms with E-state index in [1.807, 2.05) is 61.5 Å². The largest absolute Gasteiger partial charge is 0.244 e. The molecule has 0 radical (unpaired) electrons. The van der Waals surface area contributed by atoms with Crippen LogP contribution >= 0.6 is 15.9 Å². The normalized spacial score (nSPS) is 12.5. The molecule has 28 heavy (non-hydrogen) atoms. The number of nitrogens with zero attached hydrogens (tertiary/aromatic N) is 1. The molecule has 3 aromatic rings. The number of benzene rings is 3. The molecule has 142 valence electrons. The maximum absolute atomic E-state index is 13.5. The zero-order valence-corrected chi connectivity index (χ0v) is 17.8. The summed E-state index contributed by atoms with van der Waals surface area (Å²) in [6.45, 7) is 2.10. The van der Waals surface area contributed by atoms with Crippen molar-refractivity contribution in [2.75, 3.05) is 0 Å². The fourth-order valence-electron chi connectivity index (χ4n) is 2.91. The SMILES string of the molecule is C#CC(c1ccc(Br)cc1)N(Cc1ccccc1)S(=O)(=O)c1ccc(C)cc1. The van der Waals surface area contributed by atoms with E-state index < -0.39 is 16.1 Å². The van der Waals surface area contributed by atoms with Crippen LogP contribution in [0.5, 0.6) is 0 Å². The zero-order chi connectivity index (χ0) is 20.1. The second kappa shape index (κ2) is 8.74. The fraction of sp³-hybridized carbons (Fsp3) is 0.130. The summed E-state index contributed by atoms with van der Waals surface area (Å²) in [5, 5.41) is 0. The molecule has 3 nitrogen and oxygen atoms in total. The molecule has 3 aromatic carbocycles. The van der Waals surface area contributed by atoms with Gasteiger partial charge >= 0.3 is 0 Å². The molecule has 5 heteroatoms. The Bertz CT molecular complexity index is 1070. The minimum absolute atomic E-state index is 0.183. The second-order valence-corrected chi connectivity index (χ2v) is 9.28. The highest BCUT2D eigenvalue weighted by Gasteiger charge is 2.31. The summed E-state index contributed by atoms with van der Waals surface area (Å²) >= 11 is 3.41. The lowest BCUT2D eigenvalue weighted by Crippen LogP contribution is -2.34. The van der Waals surface area contributed by atoms with Gasteiger partial charge in [-0.15, -0.1) is 6.42 Å². The minimum atomic E-state index is -3.81. The first-order valence-electron chi connectivity index (χ1n) is 8.76. The Morgan fingerprint density at radius 2 is 1.57 bits per heavy atom. The molecule has 0 fully saturated rings. The predicted octanol–water partition coefficient (Wildman–Crippen LogP) is 5.32. The summed E-state index contributed by atoms with van der Waals surface area (Å²) in [7, 11) is -3.81. The van der Waals surface area contributed by atoms with Crippen molar-refractivity contribution in [3.63, 3.8) is 0 Å². The first kappa shape index (κ1) is 20.3. The van der Waals surface area contributed by atoms with Crippen molar-refractivity contribution in [3.8, 4) is 12.3 Å². The summed E-state index contributed by atoms with van der Waals surface area (Å²) < 4.78 is 29.3. The molecule has 0 saturated carbocycles. The second-order valence-electron chi connectivity index (χ2n) is 6.47. The predicted molar refractivity (Wildman–Crippen MR) is 116 cm³/mol. The van der Waals surface area contributed by atoms with Gasteiger partial charge in [0, 0.05) is 11.0 Å². The lowest BCUT2D eigenvalue weighted by atomic mass is 10.1. The third kappa shape index (κ3) is 4.53. The topological polar surface area (TPSA) is 37.4 Å². The average Bonchev–Trinajstić information content (AvgIpc) is 2.70. The third-order valence-corrected chi connectivity index (χ3v) is 6.79. The molecule has 0 heterocycles. The van der Waals surface area contributed by atoms with E-state index >= 15 is 0 Å². The molecule has 0 aromatic heterocycles. The number of sulfonamides is 1. The molecular formula is C23H20BrNO2S. The van der Waals surface area contributed by atoms with E-state index in [4.69, 9.17) is 6.42 Å². The van der Waals surface area contributed by atoms with Gasteiger partial charge in [0.25, 0.3) is 0 Å². The van der Waals surface area contributed by atoms with Gasteiger partial charge in [-0.2, -0.15) is 4.31 Å². The van der Waals surface area contributed by atoms with Gasteiger partial charge in [-0.25, -0.2) is 8.42 Å². The fourth-order valence-corrected chi connectivity index (χ4v) is 4.71. The van der Waals surface area contributed by atoms with Crippen LogP contribution in [0.4, 0.5) is 0 Å². The Morgan fingerprint density at radius 1 is 0.964 bits per heavy atom. The summed E-state index contributed by atoms with van der Waals surface area (Å²) in [4.78, 5) is 0.228. The van der Waals surface area contributed by atoms with E-state index in [1.165, 1.54) is 4.31 Å². The smallest absolute Gasteiger partial charge is 0.207 e. The van der Waals surface area contributed by atoms with Crippen molar-refractivity contribution >= 4 is 26.0 Å². The van der Waals surface area contributed by atoms with E-state index in [2.05, 4.69) is 21.9 Å². The molecule has 0 aliphatic heterocycles. The number of hydrogen-bond donors (Lipinski definition) is 0. The van der Waals surface area contributed by atoms with Gasteiger partial charge in [0.2, 0.25) is 10.0 Å². The van der Waals surface area contributed by atoms with Gasteiger partial charge in [-0.1, -0.05) is 82.0 Å². The lowest BCUT2D eigenvalue weighted by molar-refractivity contribution is 0.369. The Kier molecular flexibility index (Phi) is 6.35. The summed E-state index contributed by atoms with van der Waals surface area (Å²) in [6, 6.07) is 23.0. The number of aryl methyl sites for hydroxylation is 1. The summed E-state index contributed by atoms with van der Waals surface area (Å²) in [5.74, 6) is 2.68. The molecule has 0 bridgehead atoms. The first-order chi connectivity index (χ1) is 13.4. The number of hydrogen-bond acceptors (Lipinski definition) is 2. The van der Waals surface area contributed by atoms with E-state index in [1.54, 1.807) is 24.3 Å². The molecule has 1 unspecified atom stereocenters. The highest BCUT2D eigenvalue weighted by atomic mass is 79.9. The van der Waals surface area contributed by atoms with Gasteiger partial charge in [0.1, 0.15) is 6.04 Å². The van der Waals surface area contributed by atoms with Crippen LogP contribution in [0.2, 0.25) is 0 Å². The quantitative estimate of drug-likeness (QED) is 0.473. The van der Waals surface area contributed by atoms with E-state index in [9.17, 15) is 8.42 Å². The van der Waals surface area contributed by atoms with Gasteiger partial charge in [-0.3, -0.25) is 0 Å². The van der Waals surface area contributed by atoms with Crippen LogP contribution in [-0.2, 0) is 16.6 Å². The Hall–Kier alpha value is -2.39. The van der Waals surface area contributed by atoms with Crippen molar-refractivity contribution in [2.45, 2.75) is 24.4 Å². The Morgan fingerprint density at radius 3 is 2.14 bits per heavy atom. The van der Waals surface area contributed by atoms with Crippen molar-refractivity contribution in [1.82, 2.24) is 4.31 Å². The zero-order valence-electron chi connectivity index (χ0n) is 15.4. The number of halogens is 1. The molecule has 0 spiro atoms. The molecule has 0 saturated heterocycles. The molecule has 3 rings (SSSR count). The van der Waals surface area contributed by atoms with E-state index in [0.29, 0.717) is 0 Å². The van der Waals surface area contributed by atoms with Gasteiger partial charge in [0.15, 0.2) is 0 Å². The first-order valence-corrected chi connectivity index (χ1v) is 11.0. The van der Waals surface area contributed by atoms with Crippen molar-refractivity contribution in [3.05, 3.63) is 100 Å². The van der Waals surface area contributed by atoms with Crippen molar-refractivity contribution < 1.29 is 8.42 Å². The standard InChI is InChI=1S/C23H20BrNO2S/c1-3-23(20-11-13-21(24)14-12-20)25(17-19-7-5-4-6-8-19)28(26,27)22-15-9-18(2)10-16-22/h1,4-16,23H,17H2,2H3. The lowest BCUT2D eigenvalue weighted by Gasteiger charge is -2.28. The van der Waals surface area contributed by atoms with E-state index in [-0.39, 0.29) is 11.4 Å². The molecule has 0 amide bonds. The molecule has 0 aliphatic rings. The minimum Gasteiger partial charge on any atom is -0.207 e. The van der Waals surface area contributed by atoms with Crippen LogP contribution < -0.4 is 0 Å². The maximum Gasteiger partial charge on any atom is 0.244 e. The van der Waals surface area contributed by atoms with Crippen molar-refractivity contribution in [1.29, 1.82) is 0 Å². The summed E-state index contributed by atoms with van der Waals surface area (Å²) in [6.07, 6.45) is 5.83. The van der Waals surface area contributed by atoms with Gasteiger partial charge in [0.05, 0.1) is 4.90 Å². The number of terminal acetylenes is 1. The molecule has 0 N–H and O–H groups in total. The average molecular weight is 454 g/mol. The van der Waals surface area contributed by atoms with Crippen LogP contribution in [0.1, 0.15) is 22.7 Å². The van der Waals surface area contributed by atoms with Gasteiger partial charge < -0.3 is 0 Å².